The molecule has 1 amide bonds. The summed E-state index contributed by atoms with van der Waals surface area (Å²) in [6, 6.07) is 9.48. The lowest BCUT2D eigenvalue weighted by molar-refractivity contribution is -0.145. The quantitative estimate of drug-likeness (QED) is 0.745. The summed E-state index contributed by atoms with van der Waals surface area (Å²) < 4.78 is 11.1. The van der Waals surface area contributed by atoms with Crippen molar-refractivity contribution in [2.24, 2.45) is 5.92 Å². The van der Waals surface area contributed by atoms with Crippen LogP contribution in [0.15, 0.2) is 42.0 Å². The average molecular weight is 403 g/mol. The number of aromatic nitrogens is 1. The third-order valence-electron chi connectivity index (χ3n) is 4.50. The summed E-state index contributed by atoms with van der Waals surface area (Å²) in [6.45, 7) is 5.46. The molecule has 6 nitrogen and oxygen atoms in total. The van der Waals surface area contributed by atoms with Crippen molar-refractivity contribution in [1.82, 2.24) is 10.3 Å². The fourth-order valence-electron chi connectivity index (χ4n) is 3.27. The minimum absolute atomic E-state index is 0.218. The maximum atomic E-state index is 12.4. The number of ether oxygens (including phenoxy) is 2. The van der Waals surface area contributed by atoms with Crippen LogP contribution in [0.1, 0.15) is 37.6 Å². The molecule has 0 spiro atoms. The Hall–Kier alpha value is -2.41. The Morgan fingerprint density at radius 3 is 2.75 bits per heavy atom. The average Bonchev–Trinajstić information content (AvgIpc) is 3.24. The largest absolute Gasteiger partial charge is 0.460 e. The van der Waals surface area contributed by atoms with Gasteiger partial charge in [-0.25, -0.2) is 4.79 Å². The van der Waals surface area contributed by atoms with Crippen LogP contribution in [0.25, 0.3) is 0 Å². The van der Waals surface area contributed by atoms with E-state index in [9.17, 15) is 9.59 Å². The Kier molecular flexibility index (Phi) is 6.34. The van der Waals surface area contributed by atoms with Gasteiger partial charge < -0.3 is 14.8 Å². The molecule has 0 saturated carbocycles. The van der Waals surface area contributed by atoms with Gasteiger partial charge in [-0.3, -0.25) is 9.78 Å². The van der Waals surface area contributed by atoms with Crippen molar-refractivity contribution in [2.75, 3.05) is 0 Å². The molecule has 1 fully saturated rings. The highest BCUT2D eigenvalue weighted by Crippen LogP contribution is 2.29. The van der Waals surface area contributed by atoms with Crippen molar-refractivity contribution in [2.45, 2.75) is 57.8 Å². The number of benzene rings is 1. The monoisotopic (exact) mass is 402 g/mol. The number of cyclic esters (lactones) is 1. The van der Waals surface area contributed by atoms with Crippen LogP contribution in [0.2, 0.25) is 0 Å². The molecule has 7 heteroatoms. The van der Waals surface area contributed by atoms with Gasteiger partial charge in [-0.05, 0) is 39.2 Å². The number of hydrogen-bond acceptors (Lipinski definition) is 6. The standard InChI is InChI=1S/C21H26N2O4S/c1-21(2,3)27-20(25)23-17(9-14-7-5-4-6-8-14)18-11-15(19(24)26-18)10-16-12-22-13-28-16/h4-8,12-13,15,17-18H,9-11H2,1-3H3,(H,23,25)/t15-,17?,18+/m1/s1. The predicted octanol–water partition coefficient (Wildman–Crippen LogP) is 3.75. The lowest BCUT2D eigenvalue weighted by atomic mass is 9.94. The van der Waals surface area contributed by atoms with Gasteiger partial charge >= 0.3 is 12.1 Å². The van der Waals surface area contributed by atoms with Gasteiger partial charge in [0, 0.05) is 17.5 Å². The topological polar surface area (TPSA) is 77.5 Å². The predicted molar refractivity (Wildman–Crippen MR) is 107 cm³/mol. The Balaban J connectivity index is 1.70. The molecule has 0 radical (unpaired) electrons. The van der Waals surface area contributed by atoms with Crippen LogP contribution in [-0.4, -0.2) is 34.8 Å². The highest BCUT2D eigenvalue weighted by molar-refractivity contribution is 7.09. The summed E-state index contributed by atoms with van der Waals surface area (Å²) in [5, 5.41) is 2.92. The zero-order chi connectivity index (χ0) is 20.1. The molecule has 2 aromatic rings. The number of hydrogen-bond donors (Lipinski definition) is 1. The molecular formula is C21H26N2O4S. The van der Waals surface area contributed by atoms with E-state index in [-0.39, 0.29) is 17.9 Å². The van der Waals surface area contributed by atoms with Gasteiger partial charge in [0.05, 0.1) is 17.5 Å². The highest BCUT2D eigenvalue weighted by atomic mass is 32.1. The third-order valence-corrected chi connectivity index (χ3v) is 5.30. The molecule has 3 atom stereocenters. The second kappa shape index (κ2) is 8.73. The summed E-state index contributed by atoms with van der Waals surface area (Å²) in [7, 11) is 0. The minimum Gasteiger partial charge on any atom is -0.460 e. The van der Waals surface area contributed by atoms with Crippen molar-refractivity contribution < 1.29 is 19.1 Å². The molecule has 2 heterocycles. The van der Waals surface area contributed by atoms with Gasteiger partial charge in [-0.15, -0.1) is 11.3 Å². The first-order chi connectivity index (χ1) is 13.3. The van der Waals surface area contributed by atoms with Gasteiger partial charge in [-0.1, -0.05) is 30.3 Å². The van der Waals surface area contributed by atoms with Gasteiger partial charge in [0.15, 0.2) is 0 Å². The molecule has 1 aliphatic heterocycles. The van der Waals surface area contributed by atoms with Crippen LogP contribution in [0.4, 0.5) is 4.79 Å². The number of amides is 1. The zero-order valence-electron chi connectivity index (χ0n) is 16.4. The lowest BCUT2D eigenvalue weighted by Gasteiger charge is -2.26. The first-order valence-corrected chi connectivity index (χ1v) is 10.3. The van der Waals surface area contributed by atoms with Gasteiger partial charge in [0.2, 0.25) is 0 Å². The second-order valence-electron chi connectivity index (χ2n) is 8.02. The Morgan fingerprint density at radius 1 is 1.36 bits per heavy atom. The maximum absolute atomic E-state index is 12.4. The number of carbonyl (C=O) groups excluding carboxylic acids is 2. The Bertz CT molecular complexity index is 786. The fraction of sp³-hybridized carbons (Fsp3) is 0.476. The Labute approximate surface area is 169 Å². The van der Waals surface area contributed by atoms with E-state index < -0.39 is 17.8 Å². The summed E-state index contributed by atoms with van der Waals surface area (Å²) in [6.07, 6.45) is 2.62. The Morgan fingerprint density at radius 2 is 2.11 bits per heavy atom. The lowest BCUT2D eigenvalue weighted by Crippen LogP contribution is -2.46. The van der Waals surface area contributed by atoms with Crippen LogP contribution in [0.5, 0.6) is 0 Å². The SMILES string of the molecule is CC(C)(C)OC(=O)NC(Cc1ccccc1)[C@@H]1C[C@@H](Cc2cncs2)C(=O)O1. The third kappa shape index (κ3) is 5.79. The van der Waals surface area contributed by atoms with E-state index in [4.69, 9.17) is 9.47 Å². The van der Waals surface area contributed by atoms with E-state index in [1.807, 2.05) is 51.1 Å². The van der Waals surface area contributed by atoms with Crippen LogP contribution in [0.3, 0.4) is 0 Å². The van der Waals surface area contributed by atoms with Gasteiger partial charge in [0.25, 0.3) is 0 Å². The number of esters is 1. The van der Waals surface area contributed by atoms with E-state index >= 15 is 0 Å². The van der Waals surface area contributed by atoms with Gasteiger partial charge in [0.1, 0.15) is 11.7 Å². The molecule has 1 unspecified atom stereocenters. The molecule has 1 aliphatic rings. The fourth-order valence-corrected chi connectivity index (χ4v) is 3.95. The molecule has 1 aromatic carbocycles. The van der Waals surface area contributed by atoms with Crippen molar-refractivity contribution in [3.63, 3.8) is 0 Å². The zero-order valence-corrected chi connectivity index (χ0v) is 17.2. The normalized spacial score (nSPS) is 20.5. The van der Waals surface area contributed by atoms with Crippen molar-refractivity contribution >= 4 is 23.4 Å². The molecule has 3 rings (SSSR count). The van der Waals surface area contributed by atoms with Crippen LogP contribution in [-0.2, 0) is 27.1 Å². The van der Waals surface area contributed by atoms with Crippen molar-refractivity contribution in [1.29, 1.82) is 0 Å². The van der Waals surface area contributed by atoms with E-state index in [1.54, 1.807) is 11.7 Å². The molecule has 1 saturated heterocycles. The molecule has 1 N–H and O–H groups in total. The van der Waals surface area contributed by atoms with Crippen molar-refractivity contribution in [3.8, 4) is 0 Å². The molecular weight excluding hydrogens is 376 g/mol. The summed E-state index contributed by atoms with van der Waals surface area (Å²) in [4.78, 5) is 29.9. The van der Waals surface area contributed by atoms with Crippen LogP contribution >= 0.6 is 11.3 Å². The van der Waals surface area contributed by atoms with Gasteiger partial charge in [-0.2, -0.15) is 0 Å². The number of nitrogens with one attached hydrogen (secondary N) is 1. The summed E-state index contributed by atoms with van der Waals surface area (Å²) in [5.41, 5.74) is 2.23. The number of rotatable bonds is 6. The number of alkyl carbamates (subject to hydrolysis) is 1. The van der Waals surface area contributed by atoms with E-state index in [0.29, 0.717) is 19.3 Å². The minimum atomic E-state index is -0.595. The van der Waals surface area contributed by atoms with Crippen molar-refractivity contribution in [3.05, 3.63) is 52.5 Å². The number of thiazole rings is 1. The molecule has 0 aliphatic carbocycles. The molecule has 1 aromatic heterocycles. The molecule has 150 valence electrons. The maximum Gasteiger partial charge on any atom is 0.408 e. The van der Waals surface area contributed by atoms with Crippen LogP contribution < -0.4 is 5.32 Å². The highest BCUT2D eigenvalue weighted by Gasteiger charge is 2.40. The van der Waals surface area contributed by atoms with E-state index in [0.717, 1.165) is 10.4 Å². The number of carbonyl (C=O) groups is 2. The van der Waals surface area contributed by atoms with Crippen LogP contribution in [0, 0.1) is 5.92 Å². The first kappa shape index (κ1) is 20.3. The summed E-state index contributed by atoms with van der Waals surface area (Å²) >= 11 is 1.53. The second-order valence-corrected chi connectivity index (χ2v) is 8.99. The summed E-state index contributed by atoms with van der Waals surface area (Å²) in [5.74, 6) is -0.438. The number of nitrogens with zero attached hydrogens (tertiary/aromatic N) is 1. The van der Waals surface area contributed by atoms with E-state index in [2.05, 4.69) is 10.3 Å². The smallest absolute Gasteiger partial charge is 0.408 e. The molecule has 28 heavy (non-hydrogen) atoms. The first-order valence-electron chi connectivity index (χ1n) is 9.41. The molecule has 0 bridgehead atoms. The van der Waals surface area contributed by atoms with E-state index in [1.165, 1.54) is 11.3 Å².